The maximum absolute atomic E-state index is 11.2. The lowest BCUT2D eigenvalue weighted by molar-refractivity contribution is -0.124. The Morgan fingerprint density at radius 3 is 2.93 bits per heavy atom. The van der Waals surface area contributed by atoms with E-state index in [2.05, 4.69) is 6.92 Å². The Kier molecular flexibility index (Phi) is 4.93. The van der Waals surface area contributed by atoms with Crippen molar-refractivity contribution in [3.05, 3.63) is 0 Å². The number of carbonyl (C=O) groups is 1. The summed E-state index contributed by atoms with van der Waals surface area (Å²) in [5.74, 6) is 0.846. The van der Waals surface area contributed by atoms with Gasteiger partial charge in [-0.3, -0.25) is 4.79 Å². The lowest BCUT2D eigenvalue weighted by Crippen LogP contribution is -2.55. The summed E-state index contributed by atoms with van der Waals surface area (Å²) < 4.78 is 0. The van der Waals surface area contributed by atoms with E-state index in [-0.39, 0.29) is 5.91 Å². The first-order valence-electron chi connectivity index (χ1n) is 5.79. The Morgan fingerprint density at radius 2 is 2.33 bits per heavy atom. The molecule has 1 saturated carbocycles. The van der Waals surface area contributed by atoms with Gasteiger partial charge in [0.1, 0.15) is 0 Å². The third-order valence-electron chi connectivity index (χ3n) is 3.08. The van der Waals surface area contributed by atoms with Crippen molar-refractivity contribution in [1.29, 1.82) is 0 Å². The predicted octanol–water partition coefficient (Wildman–Crippen LogP) is 1.65. The minimum atomic E-state index is -0.734. The fourth-order valence-electron chi connectivity index (χ4n) is 2.02. The molecule has 0 aromatic heterocycles. The first kappa shape index (κ1) is 12.8. The molecule has 1 rings (SSSR count). The number of hydrogen-bond acceptors (Lipinski definition) is 3. The zero-order valence-corrected chi connectivity index (χ0v) is 10.3. The SMILES string of the molecule is CCCCSC1CCCC(N)(C(N)=O)C1. The van der Waals surface area contributed by atoms with Crippen LogP contribution in [-0.2, 0) is 4.79 Å². The van der Waals surface area contributed by atoms with Crippen LogP contribution in [0.5, 0.6) is 0 Å². The second-order valence-electron chi connectivity index (χ2n) is 4.46. The Hall–Kier alpha value is -0.220. The number of carbonyl (C=O) groups excluding carboxylic acids is 1. The Labute approximate surface area is 96.3 Å². The van der Waals surface area contributed by atoms with Crippen LogP contribution in [0.1, 0.15) is 45.4 Å². The van der Waals surface area contributed by atoms with Crippen molar-refractivity contribution in [2.45, 2.75) is 56.2 Å². The molecule has 2 unspecified atom stereocenters. The van der Waals surface area contributed by atoms with Crippen LogP contribution >= 0.6 is 11.8 Å². The average molecular weight is 230 g/mol. The summed E-state index contributed by atoms with van der Waals surface area (Å²) in [6, 6.07) is 0. The molecular formula is C11H22N2OS. The van der Waals surface area contributed by atoms with Crippen LogP contribution in [-0.4, -0.2) is 22.4 Å². The predicted molar refractivity (Wildman–Crippen MR) is 65.7 cm³/mol. The molecular weight excluding hydrogens is 208 g/mol. The number of primary amides is 1. The van der Waals surface area contributed by atoms with Gasteiger partial charge in [0.2, 0.25) is 5.91 Å². The summed E-state index contributed by atoms with van der Waals surface area (Å²) in [7, 11) is 0. The van der Waals surface area contributed by atoms with Gasteiger partial charge in [0.25, 0.3) is 0 Å². The summed E-state index contributed by atoms with van der Waals surface area (Å²) in [4.78, 5) is 11.2. The number of rotatable bonds is 5. The molecule has 0 aliphatic heterocycles. The van der Waals surface area contributed by atoms with Crippen molar-refractivity contribution in [1.82, 2.24) is 0 Å². The third kappa shape index (κ3) is 3.68. The number of thioether (sulfide) groups is 1. The molecule has 0 bridgehead atoms. The normalized spacial score (nSPS) is 31.5. The van der Waals surface area contributed by atoms with Crippen LogP contribution in [0, 0.1) is 0 Å². The van der Waals surface area contributed by atoms with E-state index in [0.717, 1.165) is 19.3 Å². The summed E-state index contributed by atoms with van der Waals surface area (Å²) in [6.07, 6.45) is 6.20. The smallest absolute Gasteiger partial charge is 0.237 e. The average Bonchev–Trinajstić information content (AvgIpc) is 2.18. The number of amides is 1. The third-order valence-corrected chi connectivity index (χ3v) is 4.48. The van der Waals surface area contributed by atoms with E-state index >= 15 is 0 Å². The highest BCUT2D eigenvalue weighted by atomic mass is 32.2. The highest BCUT2D eigenvalue weighted by molar-refractivity contribution is 7.99. The molecule has 0 saturated heterocycles. The molecule has 1 aliphatic rings. The molecule has 0 heterocycles. The van der Waals surface area contributed by atoms with Crippen LogP contribution in [0.2, 0.25) is 0 Å². The van der Waals surface area contributed by atoms with E-state index in [1.54, 1.807) is 0 Å². The van der Waals surface area contributed by atoms with Gasteiger partial charge in [-0.15, -0.1) is 0 Å². The van der Waals surface area contributed by atoms with Gasteiger partial charge in [0.05, 0.1) is 5.54 Å². The molecule has 4 N–H and O–H groups in total. The number of unbranched alkanes of at least 4 members (excludes halogenated alkanes) is 1. The molecule has 1 fully saturated rings. The van der Waals surface area contributed by atoms with Crippen LogP contribution in [0.4, 0.5) is 0 Å². The molecule has 15 heavy (non-hydrogen) atoms. The molecule has 2 atom stereocenters. The quantitative estimate of drug-likeness (QED) is 0.706. The van der Waals surface area contributed by atoms with Gasteiger partial charge in [-0.2, -0.15) is 11.8 Å². The largest absolute Gasteiger partial charge is 0.368 e. The van der Waals surface area contributed by atoms with Gasteiger partial charge in [-0.1, -0.05) is 13.3 Å². The fraction of sp³-hybridized carbons (Fsp3) is 0.909. The number of nitrogens with two attached hydrogens (primary N) is 2. The van der Waals surface area contributed by atoms with Crippen LogP contribution < -0.4 is 11.5 Å². The topological polar surface area (TPSA) is 69.1 Å². The molecule has 88 valence electrons. The molecule has 1 amide bonds. The second-order valence-corrected chi connectivity index (χ2v) is 5.87. The van der Waals surface area contributed by atoms with Crippen molar-refractivity contribution in [2.75, 3.05) is 5.75 Å². The maximum atomic E-state index is 11.2. The lowest BCUT2D eigenvalue weighted by Gasteiger charge is -2.35. The second kappa shape index (κ2) is 5.75. The Balaban J connectivity index is 2.38. The lowest BCUT2D eigenvalue weighted by atomic mass is 9.82. The molecule has 0 spiro atoms. The molecule has 0 aromatic carbocycles. The summed E-state index contributed by atoms with van der Waals surface area (Å²) in [5.41, 5.74) is 10.6. The minimum absolute atomic E-state index is 0.330. The van der Waals surface area contributed by atoms with Gasteiger partial charge in [0, 0.05) is 5.25 Å². The van der Waals surface area contributed by atoms with Gasteiger partial charge < -0.3 is 11.5 Å². The van der Waals surface area contributed by atoms with Gasteiger partial charge in [0.15, 0.2) is 0 Å². The Morgan fingerprint density at radius 1 is 1.60 bits per heavy atom. The summed E-state index contributed by atoms with van der Waals surface area (Å²) in [6.45, 7) is 2.19. The Bertz CT molecular complexity index is 223. The van der Waals surface area contributed by atoms with Gasteiger partial charge >= 0.3 is 0 Å². The van der Waals surface area contributed by atoms with Gasteiger partial charge in [-0.25, -0.2) is 0 Å². The monoisotopic (exact) mass is 230 g/mol. The molecule has 4 heteroatoms. The summed E-state index contributed by atoms with van der Waals surface area (Å²) in [5, 5.41) is 0.530. The van der Waals surface area contributed by atoms with E-state index in [4.69, 9.17) is 11.5 Å². The van der Waals surface area contributed by atoms with Crippen LogP contribution in [0.25, 0.3) is 0 Å². The highest BCUT2D eigenvalue weighted by Gasteiger charge is 2.37. The molecule has 3 nitrogen and oxygen atoms in total. The molecule has 0 aromatic rings. The van der Waals surface area contributed by atoms with Crippen molar-refractivity contribution in [3.8, 4) is 0 Å². The van der Waals surface area contributed by atoms with Crippen LogP contribution in [0.3, 0.4) is 0 Å². The minimum Gasteiger partial charge on any atom is -0.368 e. The van der Waals surface area contributed by atoms with Crippen molar-refractivity contribution >= 4 is 17.7 Å². The summed E-state index contributed by atoms with van der Waals surface area (Å²) >= 11 is 1.95. The van der Waals surface area contributed by atoms with Crippen molar-refractivity contribution < 1.29 is 4.79 Å². The zero-order valence-electron chi connectivity index (χ0n) is 9.50. The number of hydrogen-bond donors (Lipinski definition) is 2. The van der Waals surface area contributed by atoms with E-state index in [1.165, 1.54) is 25.0 Å². The first-order chi connectivity index (χ1) is 7.08. The van der Waals surface area contributed by atoms with Crippen molar-refractivity contribution in [3.63, 3.8) is 0 Å². The highest BCUT2D eigenvalue weighted by Crippen LogP contribution is 2.33. The van der Waals surface area contributed by atoms with Crippen molar-refractivity contribution in [2.24, 2.45) is 11.5 Å². The maximum Gasteiger partial charge on any atom is 0.237 e. The van der Waals surface area contributed by atoms with E-state index in [9.17, 15) is 4.79 Å². The van der Waals surface area contributed by atoms with E-state index in [1.807, 2.05) is 11.8 Å². The van der Waals surface area contributed by atoms with Gasteiger partial charge in [-0.05, 0) is 37.9 Å². The zero-order chi connectivity index (χ0) is 11.3. The van der Waals surface area contributed by atoms with E-state index in [0.29, 0.717) is 5.25 Å². The first-order valence-corrected chi connectivity index (χ1v) is 6.84. The fourth-order valence-corrected chi connectivity index (χ4v) is 3.55. The van der Waals surface area contributed by atoms with E-state index < -0.39 is 5.54 Å². The molecule has 1 aliphatic carbocycles. The molecule has 0 radical (unpaired) electrons. The van der Waals surface area contributed by atoms with Crippen LogP contribution in [0.15, 0.2) is 0 Å². The standard InChI is InChI=1S/C11H22N2OS/c1-2-3-7-15-9-5-4-6-11(13,8-9)10(12)14/h9H,2-8,13H2,1H3,(H2,12,14).